The van der Waals surface area contributed by atoms with Crippen molar-refractivity contribution in [1.29, 1.82) is 0 Å². The lowest BCUT2D eigenvalue weighted by Gasteiger charge is -2.28. The highest BCUT2D eigenvalue weighted by Gasteiger charge is 2.36. The molecule has 4 rings (SSSR count). The molecule has 0 radical (unpaired) electrons. The minimum atomic E-state index is -1.25. The zero-order chi connectivity index (χ0) is 47.4. The van der Waals surface area contributed by atoms with Crippen LogP contribution in [0.2, 0.25) is 0 Å². The van der Waals surface area contributed by atoms with E-state index in [2.05, 4.69) is 31.9 Å². The number of ether oxygens (including phenoxy) is 1. The Balaban J connectivity index is 1.56. The molecule has 0 fully saturated rings. The number of nitrogens with two attached hydrogens (primary N) is 1. The molecule has 17 nitrogen and oxygen atoms in total. The third-order valence-electron chi connectivity index (χ3n) is 10.7. The Morgan fingerprint density at radius 1 is 0.662 bits per heavy atom. The minimum absolute atomic E-state index is 0.00886. The first-order chi connectivity index (χ1) is 31.0. The van der Waals surface area contributed by atoms with Gasteiger partial charge in [0, 0.05) is 32.2 Å². The number of hydrogen-bond acceptors (Lipinski definition) is 10. The number of nitrogens with one attached hydrogen (secondary N) is 6. The van der Waals surface area contributed by atoms with Gasteiger partial charge in [0.05, 0.1) is 18.6 Å². The van der Waals surface area contributed by atoms with Crippen LogP contribution >= 0.6 is 0 Å². The molecular weight excluding hydrogens is 835 g/mol. The number of fused-ring (bicyclic) bond motifs is 1. The SMILES string of the molecule is CC(C)(C)OC(=O)N[C@@H](CCCCNC(=O)CCC(=O)O)C(=O)N[C@@H](Cc1ccccc1)C(=O)N[C@@H](Cc1ccccc1)C(=O)N[C@@H](CCCCN)C(=O)N[C@H]1c2ccccc2C[C@H]1O. The van der Waals surface area contributed by atoms with Crippen LogP contribution in [0.25, 0.3) is 0 Å². The molecule has 0 aromatic heterocycles. The maximum absolute atomic E-state index is 14.5. The zero-order valence-corrected chi connectivity index (χ0v) is 37.5. The predicted octanol–water partition coefficient (Wildman–Crippen LogP) is 2.87. The number of alkyl carbamates (subject to hydrolysis) is 1. The fourth-order valence-corrected chi connectivity index (χ4v) is 7.43. The molecular formula is C48H65N7O10. The number of benzene rings is 3. The maximum Gasteiger partial charge on any atom is 0.408 e. The zero-order valence-electron chi connectivity index (χ0n) is 37.5. The van der Waals surface area contributed by atoms with E-state index in [0.29, 0.717) is 49.8 Å². The summed E-state index contributed by atoms with van der Waals surface area (Å²) in [6, 6.07) is 20.0. The van der Waals surface area contributed by atoms with E-state index in [1.165, 1.54) is 0 Å². The van der Waals surface area contributed by atoms with Gasteiger partial charge in [-0.05, 0) is 88.1 Å². The van der Waals surface area contributed by atoms with Crippen LogP contribution < -0.4 is 37.6 Å². The van der Waals surface area contributed by atoms with Crippen LogP contribution in [0.4, 0.5) is 4.79 Å². The molecule has 0 bridgehead atoms. The van der Waals surface area contributed by atoms with E-state index in [0.717, 1.165) is 11.1 Å². The molecule has 3 aromatic rings. The van der Waals surface area contributed by atoms with Crippen molar-refractivity contribution in [1.82, 2.24) is 31.9 Å². The third-order valence-corrected chi connectivity index (χ3v) is 10.7. The van der Waals surface area contributed by atoms with Gasteiger partial charge in [0.1, 0.15) is 29.8 Å². The summed E-state index contributed by atoms with van der Waals surface area (Å²) in [6.07, 6.45) is 0.371. The highest BCUT2D eigenvalue weighted by Crippen LogP contribution is 2.31. The van der Waals surface area contributed by atoms with Crippen molar-refractivity contribution < 1.29 is 48.5 Å². The minimum Gasteiger partial charge on any atom is -0.481 e. The standard InChI is InChI=1S/C48H65N7O10/c1-48(2,3)65-47(64)54-36(23-13-15-27-50-40(57)24-25-41(58)59)43(60)52-38(29-32-18-8-5-9-19-32)46(63)53-37(28-31-16-6-4-7-17-31)45(62)51-35(22-12-14-26-49)44(61)55-42-34-21-11-10-20-33(34)30-39(42)56/h4-11,16-21,35-39,42,56H,12-15,22-30,49H2,1-3H3,(H,50,57)(H,51,62)(H,52,60)(H,53,63)(H,54,64)(H,55,61)(H,58,59)/t35-,36-,37-,38-,39+,42-/m0/s1. The van der Waals surface area contributed by atoms with E-state index >= 15 is 0 Å². The number of aliphatic carboxylic acids is 1. The molecule has 3 aromatic carbocycles. The fraction of sp³-hybridized carbons (Fsp3) is 0.479. The van der Waals surface area contributed by atoms with Gasteiger partial charge in [-0.25, -0.2) is 4.79 Å². The number of rotatable bonds is 25. The summed E-state index contributed by atoms with van der Waals surface area (Å²) in [7, 11) is 0. The van der Waals surface area contributed by atoms with Crippen LogP contribution in [0.5, 0.6) is 0 Å². The van der Waals surface area contributed by atoms with Crippen molar-refractivity contribution in [2.24, 2.45) is 5.73 Å². The second-order valence-electron chi connectivity index (χ2n) is 17.2. The number of carbonyl (C=O) groups excluding carboxylic acids is 6. The Labute approximate surface area is 380 Å². The summed E-state index contributed by atoms with van der Waals surface area (Å²) >= 11 is 0. The first-order valence-corrected chi connectivity index (χ1v) is 22.3. The van der Waals surface area contributed by atoms with Crippen LogP contribution in [0.15, 0.2) is 84.9 Å². The molecule has 6 atom stereocenters. The molecule has 1 aliphatic carbocycles. The van der Waals surface area contributed by atoms with Crippen LogP contribution in [0.1, 0.15) is 100 Å². The predicted molar refractivity (Wildman–Crippen MR) is 243 cm³/mol. The Morgan fingerprint density at radius 2 is 1.17 bits per heavy atom. The summed E-state index contributed by atoms with van der Waals surface area (Å²) < 4.78 is 5.44. The summed E-state index contributed by atoms with van der Waals surface area (Å²) in [5, 5.41) is 36.5. The van der Waals surface area contributed by atoms with E-state index < -0.39 is 83.5 Å². The highest BCUT2D eigenvalue weighted by molar-refractivity contribution is 5.95. The second kappa shape index (κ2) is 25.8. The molecule has 0 aliphatic heterocycles. The van der Waals surface area contributed by atoms with Gasteiger partial charge in [0.2, 0.25) is 29.5 Å². The van der Waals surface area contributed by atoms with Crippen molar-refractivity contribution in [2.45, 2.75) is 133 Å². The van der Waals surface area contributed by atoms with Crippen LogP contribution in [-0.4, -0.2) is 101 Å². The second-order valence-corrected chi connectivity index (χ2v) is 17.2. The lowest BCUT2D eigenvalue weighted by Crippen LogP contribution is -2.59. The molecule has 17 heteroatoms. The molecule has 0 saturated heterocycles. The van der Waals surface area contributed by atoms with Gasteiger partial charge in [-0.2, -0.15) is 0 Å². The van der Waals surface area contributed by atoms with E-state index in [9.17, 15) is 38.7 Å². The summed E-state index contributed by atoms with van der Waals surface area (Å²) in [4.78, 5) is 92.8. The summed E-state index contributed by atoms with van der Waals surface area (Å²) in [6.45, 7) is 5.59. The summed E-state index contributed by atoms with van der Waals surface area (Å²) in [5.41, 5.74) is 8.01. The van der Waals surface area contributed by atoms with Gasteiger partial charge in [-0.3, -0.25) is 28.8 Å². The Hall–Kier alpha value is -6.33. The fourth-order valence-electron chi connectivity index (χ4n) is 7.43. The van der Waals surface area contributed by atoms with Gasteiger partial charge in [0.15, 0.2) is 0 Å². The van der Waals surface area contributed by atoms with E-state index in [1.807, 2.05) is 30.3 Å². The Bertz CT molecular complexity index is 2050. The number of carboxylic acids is 1. The lowest BCUT2D eigenvalue weighted by atomic mass is 10.0. The third kappa shape index (κ3) is 18.0. The molecule has 10 N–H and O–H groups in total. The number of aliphatic hydroxyl groups excluding tert-OH is 1. The maximum atomic E-state index is 14.5. The van der Waals surface area contributed by atoms with Crippen molar-refractivity contribution >= 4 is 41.6 Å². The monoisotopic (exact) mass is 899 g/mol. The first kappa shape index (κ1) is 51.3. The molecule has 6 amide bonds. The number of unbranched alkanes of at least 4 members (excludes halogenated alkanes) is 2. The Kier molecular flexibility index (Phi) is 20.4. The quantitative estimate of drug-likeness (QED) is 0.0559. The molecule has 0 heterocycles. The number of hydrogen-bond donors (Lipinski definition) is 9. The topological polar surface area (TPSA) is 267 Å². The number of carboxylic acid groups (broad SMARTS) is 1. The number of carbonyl (C=O) groups is 7. The van der Waals surface area contributed by atoms with Crippen molar-refractivity contribution in [2.75, 3.05) is 13.1 Å². The van der Waals surface area contributed by atoms with Gasteiger partial charge < -0.3 is 52.6 Å². The van der Waals surface area contributed by atoms with Crippen molar-refractivity contribution in [3.63, 3.8) is 0 Å². The van der Waals surface area contributed by atoms with E-state index in [4.69, 9.17) is 15.6 Å². The number of aliphatic hydroxyl groups is 1. The Morgan fingerprint density at radius 3 is 1.72 bits per heavy atom. The smallest absolute Gasteiger partial charge is 0.408 e. The molecule has 0 saturated carbocycles. The lowest BCUT2D eigenvalue weighted by molar-refractivity contribution is -0.138. The van der Waals surface area contributed by atoms with Gasteiger partial charge >= 0.3 is 12.1 Å². The molecule has 0 unspecified atom stereocenters. The van der Waals surface area contributed by atoms with Crippen LogP contribution in [0, 0.1) is 0 Å². The van der Waals surface area contributed by atoms with Gasteiger partial charge in [0.25, 0.3) is 0 Å². The highest BCUT2D eigenvalue weighted by atomic mass is 16.6. The van der Waals surface area contributed by atoms with E-state index in [-0.39, 0.29) is 45.1 Å². The van der Waals surface area contributed by atoms with Crippen LogP contribution in [0.3, 0.4) is 0 Å². The van der Waals surface area contributed by atoms with Gasteiger partial charge in [-0.1, -0.05) is 84.9 Å². The van der Waals surface area contributed by atoms with E-state index in [1.54, 1.807) is 75.4 Å². The summed E-state index contributed by atoms with van der Waals surface area (Å²) in [5.74, 6) is -4.07. The molecule has 0 spiro atoms. The van der Waals surface area contributed by atoms with Crippen LogP contribution in [-0.2, 0) is 52.8 Å². The van der Waals surface area contributed by atoms with Crippen molar-refractivity contribution in [3.8, 4) is 0 Å². The molecule has 65 heavy (non-hydrogen) atoms. The largest absolute Gasteiger partial charge is 0.481 e. The average Bonchev–Trinajstić information content (AvgIpc) is 3.58. The first-order valence-electron chi connectivity index (χ1n) is 22.3. The van der Waals surface area contributed by atoms with Crippen molar-refractivity contribution in [3.05, 3.63) is 107 Å². The number of amides is 6. The molecule has 352 valence electrons. The van der Waals surface area contributed by atoms with Gasteiger partial charge in [-0.15, -0.1) is 0 Å². The average molecular weight is 900 g/mol. The normalized spacial score (nSPS) is 16.1. The molecule has 1 aliphatic rings.